The van der Waals surface area contributed by atoms with Crippen LogP contribution in [-0.2, 0) is 4.74 Å². The van der Waals surface area contributed by atoms with E-state index < -0.39 is 0 Å². The number of nitrogens with one attached hydrogen (secondary N) is 1. The fourth-order valence-corrected chi connectivity index (χ4v) is 1.43. The van der Waals surface area contributed by atoms with Crippen LogP contribution in [0.3, 0.4) is 0 Å². The molecule has 0 unspecified atom stereocenters. The van der Waals surface area contributed by atoms with Crippen LogP contribution in [0.4, 0.5) is 0 Å². The van der Waals surface area contributed by atoms with Gasteiger partial charge in [0.15, 0.2) is 0 Å². The monoisotopic (exact) mass is 207 g/mol. The third-order valence-corrected chi connectivity index (χ3v) is 2.02. The van der Waals surface area contributed by atoms with Gasteiger partial charge in [-0.15, -0.1) is 0 Å². The van der Waals surface area contributed by atoms with Gasteiger partial charge < -0.3 is 10.1 Å². The van der Waals surface area contributed by atoms with E-state index in [0.29, 0.717) is 12.2 Å². The predicted molar refractivity (Wildman–Crippen MR) is 59.9 cm³/mol. The van der Waals surface area contributed by atoms with Crippen LogP contribution in [-0.4, -0.2) is 19.2 Å². The van der Waals surface area contributed by atoms with Crippen molar-refractivity contribution in [3.63, 3.8) is 0 Å². The first-order valence-corrected chi connectivity index (χ1v) is 5.07. The van der Waals surface area contributed by atoms with Crippen LogP contribution in [0.1, 0.15) is 28.4 Å². The normalized spacial score (nSPS) is 10.1. The van der Waals surface area contributed by atoms with E-state index in [9.17, 15) is 4.79 Å². The maximum Gasteiger partial charge on any atom is 0.253 e. The molecule has 3 nitrogen and oxygen atoms in total. The highest BCUT2D eigenvalue weighted by atomic mass is 16.5. The van der Waals surface area contributed by atoms with E-state index in [2.05, 4.69) is 5.32 Å². The Kier molecular flexibility index (Phi) is 4.31. The zero-order chi connectivity index (χ0) is 11.3. The largest absolute Gasteiger partial charge is 0.362 e. The Hall–Kier alpha value is -1.35. The molecule has 0 radical (unpaired) electrons. The standard InChI is InChI=1S/C12H17NO2/c1-4-15-8-13-12(14)11-6-9(2)5-10(3)7-11/h5-7H,4,8H2,1-3H3,(H,13,14). The fraction of sp³-hybridized carbons (Fsp3) is 0.417. The van der Waals surface area contributed by atoms with Crippen molar-refractivity contribution in [1.29, 1.82) is 0 Å². The topological polar surface area (TPSA) is 38.3 Å². The lowest BCUT2D eigenvalue weighted by Gasteiger charge is -2.06. The van der Waals surface area contributed by atoms with E-state index in [1.807, 2.05) is 39.0 Å². The molecule has 1 amide bonds. The molecule has 1 N–H and O–H groups in total. The maximum atomic E-state index is 11.6. The average Bonchev–Trinajstić information content (AvgIpc) is 2.16. The van der Waals surface area contributed by atoms with Crippen LogP contribution in [0.25, 0.3) is 0 Å². The highest BCUT2D eigenvalue weighted by Gasteiger charge is 2.05. The lowest BCUT2D eigenvalue weighted by atomic mass is 10.1. The van der Waals surface area contributed by atoms with Gasteiger partial charge in [-0.05, 0) is 32.9 Å². The maximum absolute atomic E-state index is 11.6. The molecule has 0 heterocycles. The van der Waals surface area contributed by atoms with E-state index >= 15 is 0 Å². The Morgan fingerprint density at radius 3 is 2.40 bits per heavy atom. The SMILES string of the molecule is CCOCNC(=O)c1cc(C)cc(C)c1. The van der Waals surface area contributed by atoms with Crippen LogP contribution in [0, 0.1) is 13.8 Å². The number of rotatable bonds is 4. The van der Waals surface area contributed by atoms with Crippen molar-refractivity contribution in [2.24, 2.45) is 0 Å². The molecular formula is C12H17NO2. The highest BCUT2D eigenvalue weighted by Crippen LogP contribution is 2.08. The minimum atomic E-state index is -0.0877. The van der Waals surface area contributed by atoms with Crippen LogP contribution < -0.4 is 5.32 Å². The van der Waals surface area contributed by atoms with Crippen molar-refractivity contribution in [3.8, 4) is 0 Å². The second-order valence-electron chi connectivity index (χ2n) is 3.52. The Morgan fingerprint density at radius 2 is 1.87 bits per heavy atom. The summed E-state index contributed by atoms with van der Waals surface area (Å²) in [4.78, 5) is 11.6. The number of hydrogen-bond donors (Lipinski definition) is 1. The van der Waals surface area contributed by atoms with Gasteiger partial charge in [-0.3, -0.25) is 4.79 Å². The molecule has 0 bridgehead atoms. The Morgan fingerprint density at radius 1 is 1.27 bits per heavy atom. The molecule has 0 spiro atoms. The second kappa shape index (κ2) is 5.51. The summed E-state index contributed by atoms with van der Waals surface area (Å²) in [6.07, 6.45) is 0. The molecule has 0 saturated heterocycles. The smallest absolute Gasteiger partial charge is 0.253 e. The third-order valence-electron chi connectivity index (χ3n) is 2.02. The zero-order valence-electron chi connectivity index (χ0n) is 9.46. The van der Waals surface area contributed by atoms with Crippen LogP contribution in [0.5, 0.6) is 0 Å². The van der Waals surface area contributed by atoms with Crippen molar-refractivity contribution in [2.45, 2.75) is 20.8 Å². The Balaban J connectivity index is 2.65. The molecule has 0 saturated carbocycles. The van der Waals surface area contributed by atoms with Gasteiger partial charge in [0, 0.05) is 12.2 Å². The van der Waals surface area contributed by atoms with Gasteiger partial charge in [0.1, 0.15) is 6.73 Å². The lowest BCUT2D eigenvalue weighted by molar-refractivity contribution is 0.0817. The van der Waals surface area contributed by atoms with Crippen molar-refractivity contribution in [2.75, 3.05) is 13.3 Å². The molecule has 1 aromatic carbocycles. The van der Waals surface area contributed by atoms with Gasteiger partial charge >= 0.3 is 0 Å². The molecule has 82 valence electrons. The first-order valence-electron chi connectivity index (χ1n) is 5.07. The number of hydrogen-bond acceptors (Lipinski definition) is 2. The van der Waals surface area contributed by atoms with E-state index in [1.165, 1.54) is 0 Å². The summed E-state index contributed by atoms with van der Waals surface area (Å²) in [5.74, 6) is -0.0877. The summed E-state index contributed by atoms with van der Waals surface area (Å²) in [5.41, 5.74) is 2.88. The summed E-state index contributed by atoms with van der Waals surface area (Å²) in [7, 11) is 0. The molecule has 0 atom stereocenters. The Labute approximate surface area is 90.4 Å². The molecule has 15 heavy (non-hydrogen) atoms. The van der Waals surface area contributed by atoms with E-state index in [-0.39, 0.29) is 12.6 Å². The minimum absolute atomic E-state index is 0.0877. The first-order chi connectivity index (χ1) is 7.13. The highest BCUT2D eigenvalue weighted by molar-refractivity contribution is 5.94. The van der Waals surface area contributed by atoms with E-state index in [4.69, 9.17) is 4.74 Å². The number of amides is 1. The molecule has 1 aromatic rings. The van der Waals surface area contributed by atoms with Gasteiger partial charge in [-0.25, -0.2) is 0 Å². The molecule has 0 aliphatic carbocycles. The minimum Gasteiger partial charge on any atom is -0.362 e. The number of aryl methyl sites for hydroxylation is 2. The van der Waals surface area contributed by atoms with Gasteiger partial charge in [0.2, 0.25) is 0 Å². The Bertz CT molecular complexity index is 327. The zero-order valence-corrected chi connectivity index (χ0v) is 9.46. The second-order valence-corrected chi connectivity index (χ2v) is 3.52. The van der Waals surface area contributed by atoms with Crippen molar-refractivity contribution in [3.05, 3.63) is 34.9 Å². The number of carbonyl (C=O) groups is 1. The van der Waals surface area contributed by atoms with Crippen LogP contribution >= 0.6 is 0 Å². The van der Waals surface area contributed by atoms with E-state index in [0.717, 1.165) is 11.1 Å². The third kappa shape index (κ3) is 3.72. The summed E-state index contributed by atoms with van der Waals surface area (Å²) in [5, 5.41) is 2.69. The van der Waals surface area contributed by atoms with Gasteiger partial charge in [-0.1, -0.05) is 17.2 Å². The average molecular weight is 207 g/mol. The van der Waals surface area contributed by atoms with Crippen molar-refractivity contribution >= 4 is 5.91 Å². The van der Waals surface area contributed by atoms with E-state index in [1.54, 1.807) is 0 Å². The predicted octanol–water partition coefficient (Wildman–Crippen LogP) is 2.03. The fourth-order valence-electron chi connectivity index (χ4n) is 1.43. The number of carbonyl (C=O) groups excluding carboxylic acids is 1. The number of ether oxygens (including phenoxy) is 1. The summed E-state index contributed by atoms with van der Waals surface area (Å²) >= 11 is 0. The lowest BCUT2D eigenvalue weighted by Crippen LogP contribution is -2.26. The van der Waals surface area contributed by atoms with Gasteiger partial charge in [0.05, 0.1) is 0 Å². The van der Waals surface area contributed by atoms with Crippen LogP contribution in [0.15, 0.2) is 18.2 Å². The van der Waals surface area contributed by atoms with Gasteiger partial charge in [0.25, 0.3) is 5.91 Å². The molecular weight excluding hydrogens is 190 g/mol. The summed E-state index contributed by atoms with van der Waals surface area (Å²) in [6, 6.07) is 5.78. The molecule has 3 heteroatoms. The van der Waals surface area contributed by atoms with Gasteiger partial charge in [-0.2, -0.15) is 0 Å². The van der Waals surface area contributed by atoms with Crippen molar-refractivity contribution < 1.29 is 9.53 Å². The van der Waals surface area contributed by atoms with Crippen LogP contribution in [0.2, 0.25) is 0 Å². The molecule has 1 rings (SSSR count). The molecule has 0 aromatic heterocycles. The first kappa shape index (κ1) is 11.7. The quantitative estimate of drug-likeness (QED) is 0.606. The summed E-state index contributed by atoms with van der Waals surface area (Å²) < 4.78 is 5.05. The summed E-state index contributed by atoms with van der Waals surface area (Å²) in [6.45, 7) is 6.72. The molecule has 0 fully saturated rings. The van der Waals surface area contributed by atoms with Crippen molar-refractivity contribution in [1.82, 2.24) is 5.32 Å². The molecule has 0 aliphatic rings. The molecule has 0 aliphatic heterocycles. The number of benzene rings is 1.